The Kier molecular flexibility index (Phi) is 6.12. The van der Waals surface area contributed by atoms with E-state index in [-0.39, 0.29) is 5.91 Å². The van der Waals surface area contributed by atoms with Gasteiger partial charge in [0.05, 0.1) is 33.9 Å². The summed E-state index contributed by atoms with van der Waals surface area (Å²) < 4.78 is 5.26. The van der Waals surface area contributed by atoms with Crippen molar-refractivity contribution in [3.63, 3.8) is 0 Å². The van der Waals surface area contributed by atoms with Crippen LogP contribution in [0.5, 0.6) is 5.75 Å². The molecule has 0 unspecified atom stereocenters. The van der Waals surface area contributed by atoms with Crippen molar-refractivity contribution in [2.75, 3.05) is 7.11 Å². The monoisotopic (exact) mass is 450 g/mol. The first-order chi connectivity index (χ1) is 15.0. The van der Waals surface area contributed by atoms with E-state index in [9.17, 15) is 4.79 Å². The molecular weight excluding hydrogens is 431 g/mol. The molecule has 0 aliphatic carbocycles. The highest BCUT2D eigenvalue weighted by atomic mass is 35.5. The fraction of sp³-hybridized carbons (Fsp3) is 0.120. The molecule has 1 amide bonds. The largest absolute Gasteiger partial charge is 0.497 e. The second-order valence-corrected chi connectivity index (χ2v) is 7.95. The van der Waals surface area contributed by atoms with Crippen LogP contribution in [0, 0.1) is 6.92 Å². The van der Waals surface area contributed by atoms with Crippen LogP contribution in [0.4, 0.5) is 0 Å². The van der Waals surface area contributed by atoms with Gasteiger partial charge in [-0.05, 0) is 60.5 Å². The van der Waals surface area contributed by atoms with Gasteiger partial charge in [-0.1, -0.05) is 47.5 Å². The van der Waals surface area contributed by atoms with Crippen molar-refractivity contribution in [3.05, 3.63) is 93.5 Å². The second kappa shape index (κ2) is 8.96. The van der Waals surface area contributed by atoms with Crippen LogP contribution < -0.4 is 10.1 Å². The number of aromatic nitrogens is 1. The summed E-state index contributed by atoms with van der Waals surface area (Å²) in [6, 6.07) is 20.6. The number of ether oxygens (including phenoxy) is 1. The standard InChI is InChI=1S/C25H20Cl2N2O2/c1-15-23(25(30)28-14-16-7-12-20(26)21(27)13-16)19-5-3-4-6-22(19)29-24(15)17-8-10-18(31-2)11-9-17/h3-13H,14H2,1-2H3,(H,28,30). The molecule has 156 valence electrons. The van der Waals surface area contributed by atoms with Gasteiger partial charge in [-0.15, -0.1) is 0 Å². The number of hydrogen-bond donors (Lipinski definition) is 1. The number of nitrogens with zero attached hydrogens (tertiary/aromatic N) is 1. The third-order valence-corrected chi connectivity index (χ3v) is 5.90. The second-order valence-electron chi connectivity index (χ2n) is 7.14. The number of fused-ring (bicyclic) bond motifs is 1. The lowest BCUT2D eigenvalue weighted by molar-refractivity contribution is 0.0952. The van der Waals surface area contributed by atoms with E-state index in [0.29, 0.717) is 22.2 Å². The van der Waals surface area contributed by atoms with Crippen LogP contribution in [-0.2, 0) is 6.54 Å². The Morgan fingerprint density at radius 1 is 1.00 bits per heavy atom. The molecule has 1 N–H and O–H groups in total. The molecule has 0 fully saturated rings. The van der Waals surface area contributed by atoms with Crippen LogP contribution in [0.2, 0.25) is 10.0 Å². The Morgan fingerprint density at radius 3 is 2.45 bits per heavy atom. The maximum absolute atomic E-state index is 13.3. The van der Waals surface area contributed by atoms with Crippen LogP contribution in [0.15, 0.2) is 66.7 Å². The molecule has 0 atom stereocenters. The van der Waals surface area contributed by atoms with Gasteiger partial charge in [-0.2, -0.15) is 0 Å². The summed E-state index contributed by atoms with van der Waals surface area (Å²) in [6.45, 7) is 2.26. The number of pyridine rings is 1. The fourth-order valence-electron chi connectivity index (χ4n) is 3.55. The molecule has 6 heteroatoms. The average molecular weight is 451 g/mol. The average Bonchev–Trinajstić information content (AvgIpc) is 2.79. The normalized spacial score (nSPS) is 10.8. The highest BCUT2D eigenvalue weighted by molar-refractivity contribution is 6.42. The minimum absolute atomic E-state index is 0.170. The number of methoxy groups -OCH3 is 1. The first kappa shape index (κ1) is 21.2. The molecule has 31 heavy (non-hydrogen) atoms. The summed E-state index contributed by atoms with van der Waals surface area (Å²) in [4.78, 5) is 18.1. The number of hydrogen-bond acceptors (Lipinski definition) is 3. The number of benzene rings is 3. The lowest BCUT2D eigenvalue weighted by Gasteiger charge is -2.15. The molecule has 1 heterocycles. The zero-order valence-corrected chi connectivity index (χ0v) is 18.6. The van der Waals surface area contributed by atoms with Crippen LogP contribution in [-0.4, -0.2) is 18.0 Å². The van der Waals surface area contributed by atoms with Crippen molar-refractivity contribution in [1.82, 2.24) is 10.3 Å². The lowest BCUT2D eigenvalue weighted by Crippen LogP contribution is -2.24. The minimum Gasteiger partial charge on any atom is -0.497 e. The Hall–Kier alpha value is -3.08. The van der Waals surface area contributed by atoms with Gasteiger partial charge in [0.1, 0.15) is 5.75 Å². The summed E-state index contributed by atoms with van der Waals surface area (Å²) in [7, 11) is 1.63. The molecular formula is C25H20Cl2N2O2. The fourth-order valence-corrected chi connectivity index (χ4v) is 3.87. The Labute approximate surface area is 190 Å². The van der Waals surface area contributed by atoms with Crippen molar-refractivity contribution in [2.45, 2.75) is 13.5 Å². The maximum atomic E-state index is 13.3. The Morgan fingerprint density at radius 2 is 1.74 bits per heavy atom. The van der Waals surface area contributed by atoms with Gasteiger partial charge in [-0.3, -0.25) is 4.79 Å². The first-order valence-electron chi connectivity index (χ1n) is 9.74. The van der Waals surface area contributed by atoms with Crippen molar-refractivity contribution in [3.8, 4) is 17.0 Å². The van der Waals surface area contributed by atoms with Gasteiger partial charge < -0.3 is 10.1 Å². The first-order valence-corrected chi connectivity index (χ1v) is 10.5. The van der Waals surface area contributed by atoms with E-state index in [4.69, 9.17) is 32.9 Å². The van der Waals surface area contributed by atoms with Crippen LogP contribution in [0.3, 0.4) is 0 Å². The van der Waals surface area contributed by atoms with E-state index in [1.165, 1.54) is 0 Å². The molecule has 0 aliphatic rings. The van der Waals surface area contributed by atoms with Crippen LogP contribution >= 0.6 is 23.2 Å². The van der Waals surface area contributed by atoms with Gasteiger partial charge in [0, 0.05) is 17.5 Å². The number of amides is 1. The minimum atomic E-state index is -0.170. The van der Waals surface area contributed by atoms with Crippen LogP contribution in [0.25, 0.3) is 22.2 Å². The van der Waals surface area contributed by atoms with Crippen molar-refractivity contribution < 1.29 is 9.53 Å². The van der Waals surface area contributed by atoms with Crippen molar-refractivity contribution in [2.24, 2.45) is 0 Å². The third-order valence-electron chi connectivity index (χ3n) is 5.16. The molecule has 0 aliphatic heterocycles. The van der Waals surface area contributed by atoms with E-state index in [2.05, 4.69) is 5.32 Å². The molecule has 4 nitrogen and oxygen atoms in total. The molecule has 0 radical (unpaired) electrons. The smallest absolute Gasteiger partial charge is 0.252 e. The number of nitrogens with one attached hydrogen (secondary N) is 1. The Bertz CT molecular complexity index is 1270. The molecule has 4 rings (SSSR count). The van der Waals surface area contributed by atoms with Gasteiger partial charge in [0.2, 0.25) is 0 Å². The van der Waals surface area contributed by atoms with E-state index >= 15 is 0 Å². The van der Waals surface area contributed by atoms with Gasteiger partial charge in [0.25, 0.3) is 5.91 Å². The summed E-state index contributed by atoms with van der Waals surface area (Å²) >= 11 is 12.1. The maximum Gasteiger partial charge on any atom is 0.252 e. The van der Waals surface area contributed by atoms with Gasteiger partial charge in [0.15, 0.2) is 0 Å². The molecule has 0 saturated carbocycles. The number of carbonyl (C=O) groups excluding carboxylic acids is 1. The zero-order valence-electron chi connectivity index (χ0n) is 17.1. The van der Waals surface area contributed by atoms with Crippen molar-refractivity contribution in [1.29, 1.82) is 0 Å². The van der Waals surface area contributed by atoms with Gasteiger partial charge in [-0.25, -0.2) is 4.98 Å². The molecule has 1 aromatic heterocycles. The lowest BCUT2D eigenvalue weighted by atomic mass is 9.97. The number of para-hydroxylation sites is 1. The topological polar surface area (TPSA) is 51.2 Å². The van der Waals surface area contributed by atoms with Crippen LogP contribution in [0.1, 0.15) is 21.5 Å². The van der Waals surface area contributed by atoms with E-state index in [0.717, 1.165) is 39.0 Å². The Balaban J connectivity index is 1.73. The van der Waals surface area contributed by atoms with Gasteiger partial charge >= 0.3 is 0 Å². The number of carbonyl (C=O) groups is 1. The SMILES string of the molecule is COc1ccc(-c2nc3ccccc3c(C(=O)NCc3ccc(Cl)c(Cl)c3)c2C)cc1. The highest BCUT2D eigenvalue weighted by Gasteiger charge is 2.19. The number of rotatable bonds is 5. The molecule has 3 aromatic carbocycles. The van der Waals surface area contributed by atoms with E-state index < -0.39 is 0 Å². The predicted molar refractivity (Wildman–Crippen MR) is 126 cm³/mol. The summed E-state index contributed by atoms with van der Waals surface area (Å²) in [6.07, 6.45) is 0. The molecule has 0 saturated heterocycles. The predicted octanol–water partition coefficient (Wildman–Crippen LogP) is 6.46. The third kappa shape index (κ3) is 4.36. The van der Waals surface area contributed by atoms with E-state index in [1.807, 2.05) is 61.5 Å². The quantitative estimate of drug-likeness (QED) is 0.379. The number of halogens is 2. The zero-order chi connectivity index (χ0) is 22.0. The summed E-state index contributed by atoms with van der Waals surface area (Å²) in [5.41, 5.74) is 4.74. The summed E-state index contributed by atoms with van der Waals surface area (Å²) in [5, 5.41) is 4.75. The molecule has 4 aromatic rings. The van der Waals surface area contributed by atoms with E-state index in [1.54, 1.807) is 19.2 Å². The van der Waals surface area contributed by atoms with Crippen molar-refractivity contribution >= 4 is 40.0 Å². The summed E-state index contributed by atoms with van der Waals surface area (Å²) in [5.74, 6) is 0.596. The highest BCUT2D eigenvalue weighted by Crippen LogP contribution is 2.31. The molecule has 0 bridgehead atoms. The molecule has 0 spiro atoms.